The highest BCUT2D eigenvalue weighted by atomic mass is 19.4. The third-order valence-corrected chi connectivity index (χ3v) is 5.66. The van der Waals surface area contributed by atoms with E-state index in [0.717, 1.165) is 28.0 Å². The third-order valence-electron chi connectivity index (χ3n) is 5.66. The number of fused-ring (bicyclic) bond motifs is 1. The number of anilines is 1. The Labute approximate surface area is 221 Å². The minimum atomic E-state index is -5.08. The summed E-state index contributed by atoms with van der Waals surface area (Å²) in [6.45, 7) is 2.19. The number of likely N-dealkylation sites (N-methyl/N-ethyl adjacent to an activating group) is 1. The van der Waals surface area contributed by atoms with Gasteiger partial charge in [0.25, 0.3) is 5.91 Å². The Morgan fingerprint density at radius 1 is 1.18 bits per heavy atom. The summed E-state index contributed by atoms with van der Waals surface area (Å²) in [6, 6.07) is 11.4. The lowest BCUT2D eigenvalue weighted by atomic mass is 9.94. The first kappa shape index (κ1) is 29.0. The number of carbonyl (C=O) groups excluding carboxylic acids is 2. The number of nitrogens with one attached hydrogen (secondary N) is 2. The number of aromatic amines is 1. The van der Waals surface area contributed by atoms with Crippen LogP contribution in [0.25, 0.3) is 11.1 Å². The minimum absolute atomic E-state index is 0.135. The molecule has 4 rings (SSSR count). The van der Waals surface area contributed by atoms with Crippen LogP contribution >= 0.6 is 0 Å². The van der Waals surface area contributed by atoms with E-state index in [4.69, 9.17) is 19.4 Å². The van der Waals surface area contributed by atoms with Gasteiger partial charge in [-0.05, 0) is 42.7 Å². The van der Waals surface area contributed by atoms with Crippen molar-refractivity contribution in [3.8, 4) is 22.6 Å². The van der Waals surface area contributed by atoms with Crippen LogP contribution < -0.4 is 14.8 Å². The first-order valence-corrected chi connectivity index (χ1v) is 11.6. The number of ether oxygens (including phenoxy) is 2. The molecule has 1 atom stereocenters. The van der Waals surface area contributed by atoms with Gasteiger partial charge in [-0.25, -0.2) is 4.79 Å². The second kappa shape index (κ2) is 12.3. The van der Waals surface area contributed by atoms with E-state index in [0.29, 0.717) is 24.5 Å². The third kappa shape index (κ3) is 7.97. The highest BCUT2D eigenvalue weighted by molar-refractivity contribution is 5.95. The summed E-state index contributed by atoms with van der Waals surface area (Å²) in [5, 5.41) is 16.8. The number of halogens is 3. The Bertz CT molecular complexity index is 1330. The largest absolute Gasteiger partial charge is 0.492 e. The van der Waals surface area contributed by atoms with E-state index in [2.05, 4.69) is 21.6 Å². The van der Waals surface area contributed by atoms with E-state index < -0.39 is 12.1 Å². The highest BCUT2D eigenvalue weighted by Gasteiger charge is 2.38. The van der Waals surface area contributed by atoms with Gasteiger partial charge >= 0.3 is 12.1 Å². The van der Waals surface area contributed by atoms with Crippen molar-refractivity contribution in [2.24, 2.45) is 5.92 Å². The number of carboxylic acids is 1. The summed E-state index contributed by atoms with van der Waals surface area (Å²) >= 11 is 0. The second-order valence-corrected chi connectivity index (χ2v) is 8.89. The SMILES string of the molecule is Cc1ccc2c(c1)CC(C(=O)Nc1ccc(-c3cn[nH]c3)cc1OCC(=O)N(C)C)CO2.O=C(O)C(F)(F)F. The van der Waals surface area contributed by atoms with E-state index in [1.54, 1.807) is 38.6 Å². The molecule has 13 heteroatoms. The molecule has 0 saturated carbocycles. The molecule has 0 spiro atoms. The van der Waals surface area contributed by atoms with Crippen molar-refractivity contribution in [1.29, 1.82) is 0 Å². The molecule has 0 saturated heterocycles. The van der Waals surface area contributed by atoms with Crippen LogP contribution in [0.15, 0.2) is 48.8 Å². The quantitative estimate of drug-likeness (QED) is 0.428. The Kier molecular flexibility index (Phi) is 9.17. The molecule has 0 fully saturated rings. The number of carbonyl (C=O) groups is 3. The van der Waals surface area contributed by atoms with Crippen LogP contribution in [-0.4, -0.2) is 71.5 Å². The van der Waals surface area contributed by atoms with Gasteiger partial charge < -0.3 is 24.8 Å². The fraction of sp³-hybridized carbons (Fsp3) is 0.308. The number of alkyl halides is 3. The molecular formula is C26H27F3N4O6. The molecule has 3 N–H and O–H groups in total. The molecule has 39 heavy (non-hydrogen) atoms. The predicted octanol–water partition coefficient (Wildman–Crippen LogP) is 3.68. The molecule has 0 aliphatic carbocycles. The molecule has 1 unspecified atom stereocenters. The Hall–Kier alpha value is -4.55. The summed E-state index contributed by atoms with van der Waals surface area (Å²) in [7, 11) is 3.33. The number of benzene rings is 2. The Balaban J connectivity index is 0.000000532. The zero-order valence-electron chi connectivity index (χ0n) is 21.3. The Morgan fingerprint density at radius 3 is 2.51 bits per heavy atom. The topological polar surface area (TPSA) is 134 Å². The molecule has 2 amide bonds. The fourth-order valence-electron chi connectivity index (χ4n) is 3.53. The highest BCUT2D eigenvalue weighted by Crippen LogP contribution is 2.33. The molecular weight excluding hydrogens is 521 g/mol. The van der Waals surface area contributed by atoms with E-state index in [9.17, 15) is 22.8 Å². The average molecular weight is 549 g/mol. The lowest BCUT2D eigenvalue weighted by Gasteiger charge is -2.25. The number of aliphatic carboxylic acids is 1. The number of amides is 2. The van der Waals surface area contributed by atoms with Crippen molar-refractivity contribution in [3.05, 3.63) is 59.9 Å². The molecule has 1 aliphatic heterocycles. The van der Waals surface area contributed by atoms with Gasteiger partial charge in [-0.3, -0.25) is 14.7 Å². The zero-order chi connectivity index (χ0) is 28.7. The van der Waals surface area contributed by atoms with Crippen molar-refractivity contribution in [2.75, 3.05) is 32.6 Å². The molecule has 2 heterocycles. The van der Waals surface area contributed by atoms with E-state index in [-0.39, 0.29) is 24.3 Å². The standard InChI is InChI=1S/C24H26N4O4.C2HF3O2/c1-15-4-7-21-17(8-15)9-18(13-31-21)24(30)27-20-6-5-16(19-11-25-26-12-19)10-22(20)32-14-23(29)28(2)3;3-2(4,5)1(6)7/h4-8,10-12,18H,9,13-14H2,1-3H3,(H,25,26)(H,27,30);(H,6,7). The summed E-state index contributed by atoms with van der Waals surface area (Å²) in [4.78, 5) is 35.4. The van der Waals surface area contributed by atoms with Crippen LogP contribution in [0.2, 0.25) is 0 Å². The zero-order valence-corrected chi connectivity index (χ0v) is 21.3. The van der Waals surface area contributed by atoms with Crippen LogP contribution in [0.5, 0.6) is 11.5 Å². The number of carboxylic acid groups (broad SMARTS) is 1. The minimum Gasteiger partial charge on any atom is -0.492 e. The van der Waals surface area contributed by atoms with Gasteiger partial charge in [0, 0.05) is 25.9 Å². The smallest absolute Gasteiger partial charge is 0.490 e. The number of H-pyrrole nitrogens is 1. The summed E-state index contributed by atoms with van der Waals surface area (Å²) in [5.41, 5.74) is 4.39. The van der Waals surface area contributed by atoms with Crippen LogP contribution in [0, 0.1) is 12.8 Å². The van der Waals surface area contributed by atoms with Crippen LogP contribution in [0.4, 0.5) is 18.9 Å². The average Bonchev–Trinajstić information content (AvgIpc) is 3.42. The predicted molar refractivity (Wildman–Crippen MR) is 134 cm³/mol. The summed E-state index contributed by atoms with van der Waals surface area (Å²) in [6.07, 6.45) is -1.02. The molecule has 0 radical (unpaired) electrons. The van der Waals surface area contributed by atoms with E-state index >= 15 is 0 Å². The number of hydrogen-bond acceptors (Lipinski definition) is 6. The maximum Gasteiger partial charge on any atom is 0.490 e. The van der Waals surface area contributed by atoms with Crippen molar-refractivity contribution < 1.29 is 42.1 Å². The van der Waals surface area contributed by atoms with Gasteiger partial charge in [-0.2, -0.15) is 18.3 Å². The lowest BCUT2D eigenvalue weighted by Crippen LogP contribution is -2.33. The van der Waals surface area contributed by atoms with Crippen molar-refractivity contribution in [2.45, 2.75) is 19.5 Å². The number of aryl methyl sites for hydroxylation is 1. The van der Waals surface area contributed by atoms with Crippen LogP contribution in [0.1, 0.15) is 11.1 Å². The fourth-order valence-corrected chi connectivity index (χ4v) is 3.53. The van der Waals surface area contributed by atoms with Gasteiger partial charge in [-0.1, -0.05) is 23.8 Å². The van der Waals surface area contributed by atoms with Crippen molar-refractivity contribution >= 4 is 23.5 Å². The van der Waals surface area contributed by atoms with E-state index in [1.807, 2.05) is 25.1 Å². The number of aromatic nitrogens is 2. The second-order valence-electron chi connectivity index (χ2n) is 8.89. The monoisotopic (exact) mass is 548 g/mol. The first-order valence-electron chi connectivity index (χ1n) is 11.6. The first-order chi connectivity index (χ1) is 18.3. The van der Waals surface area contributed by atoms with Crippen molar-refractivity contribution in [3.63, 3.8) is 0 Å². The molecule has 10 nitrogen and oxygen atoms in total. The molecule has 1 aliphatic rings. The van der Waals surface area contributed by atoms with Gasteiger partial charge in [0.15, 0.2) is 6.61 Å². The molecule has 0 bridgehead atoms. The maximum absolute atomic E-state index is 13.0. The summed E-state index contributed by atoms with van der Waals surface area (Å²) in [5.74, 6) is -2.17. The number of nitrogens with zero attached hydrogens (tertiary/aromatic N) is 2. The van der Waals surface area contributed by atoms with Gasteiger partial charge in [0.2, 0.25) is 5.91 Å². The summed E-state index contributed by atoms with van der Waals surface area (Å²) < 4.78 is 43.3. The van der Waals surface area contributed by atoms with Crippen LogP contribution in [0.3, 0.4) is 0 Å². The molecule has 3 aromatic rings. The van der Waals surface area contributed by atoms with Gasteiger partial charge in [-0.15, -0.1) is 0 Å². The normalized spacial score (nSPS) is 14.2. The van der Waals surface area contributed by atoms with Gasteiger partial charge in [0.05, 0.1) is 17.8 Å². The molecule has 2 aromatic carbocycles. The molecule has 1 aromatic heterocycles. The molecule has 208 valence electrons. The maximum atomic E-state index is 13.0. The number of hydrogen-bond donors (Lipinski definition) is 3. The van der Waals surface area contributed by atoms with Crippen molar-refractivity contribution in [1.82, 2.24) is 15.1 Å². The Morgan fingerprint density at radius 2 is 1.90 bits per heavy atom. The number of rotatable bonds is 6. The van der Waals surface area contributed by atoms with Gasteiger partial charge in [0.1, 0.15) is 18.1 Å². The lowest BCUT2D eigenvalue weighted by molar-refractivity contribution is -0.192. The van der Waals surface area contributed by atoms with Crippen LogP contribution in [-0.2, 0) is 20.8 Å². The van der Waals surface area contributed by atoms with E-state index in [1.165, 1.54) is 4.90 Å².